The van der Waals surface area contributed by atoms with Crippen molar-refractivity contribution < 1.29 is 4.79 Å². The van der Waals surface area contributed by atoms with E-state index in [1.54, 1.807) is 0 Å². The molecule has 18 heavy (non-hydrogen) atoms. The summed E-state index contributed by atoms with van der Waals surface area (Å²) in [7, 11) is 0. The first-order valence-corrected chi connectivity index (χ1v) is 6.18. The van der Waals surface area contributed by atoms with Crippen LogP contribution in [0.15, 0.2) is 48.5 Å². The Hall–Kier alpha value is -1.93. The Balaban J connectivity index is 2.53. The molecule has 0 amide bonds. The van der Waals surface area contributed by atoms with Gasteiger partial charge >= 0.3 is 0 Å². The fourth-order valence-electron chi connectivity index (χ4n) is 2.06. The molecule has 0 aliphatic heterocycles. The highest BCUT2D eigenvalue weighted by molar-refractivity contribution is 5.98. The summed E-state index contributed by atoms with van der Waals surface area (Å²) in [5, 5.41) is 0. The SMILES string of the molecule is CCc1ccc(C(=O)CN)cc1-c1ccccc1. The van der Waals surface area contributed by atoms with E-state index in [-0.39, 0.29) is 12.3 Å². The van der Waals surface area contributed by atoms with Crippen LogP contribution >= 0.6 is 0 Å². The van der Waals surface area contributed by atoms with Gasteiger partial charge in [-0.15, -0.1) is 0 Å². The lowest BCUT2D eigenvalue weighted by Crippen LogP contribution is -2.13. The minimum atomic E-state index is -0.0187. The van der Waals surface area contributed by atoms with E-state index in [0.29, 0.717) is 5.56 Å². The van der Waals surface area contributed by atoms with Crippen LogP contribution < -0.4 is 5.73 Å². The predicted molar refractivity (Wildman–Crippen MR) is 74.6 cm³/mol. The van der Waals surface area contributed by atoms with E-state index >= 15 is 0 Å². The van der Waals surface area contributed by atoms with E-state index in [1.165, 1.54) is 5.56 Å². The number of benzene rings is 2. The fourth-order valence-corrected chi connectivity index (χ4v) is 2.06. The van der Waals surface area contributed by atoms with Crippen LogP contribution in [0.2, 0.25) is 0 Å². The Kier molecular flexibility index (Phi) is 3.90. The van der Waals surface area contributed by atoms with Gasteiger partial charge in [0.05, 0.1) is 6.54 Å². The first-order chi connectivity index (χ1) is 8.76. The highest BCUT2D eigenvalue weighted by atomic mass is 16.1. The quantitative estimate of drug-likeness (QED) is 0.833. The third-order valence-corrected chi connectivity index (χ3v) is 3.08. The molecule has 2 N–H and O–H groups in total. The number of hydrogen-bond donors (Lipinski definition) is 1. The zero-order chi connectivity index (χ0) is 13.0. The van der Waals surface area contributed by atoms with Crippen LogP contribution in [0.3, 0.4) is 0 Å². The third kappa shape index (κ3) is 2.49. The maximum atomic E-state index is 11.7. The summed E-state index contributed by atoms with van der Waals surface area (Å²) in [4.78, 5) is 11.7. The monoisotopic (exact) mass is 239 g/mol. The molecular weight excluding hydrogens is 222 g/mol. The Bertz CT molecular complexity index is 546. The third-order valence-electron chi connectivity index (χ3n) is 3.08. The van der Waals surface area contributed by atoms with E-state index in [4.69, 9.17) is 5.73 Å². The van der Waals surface area contributed by atoms with Crippen LogP contribution in [0.4, 0.5) is 0 Å². The van der Waals surface area contributed by atoms with Gasteiger partial charge in [0.2, 0.25) is 0 Å². The molecule has 0 aliphatic rings. The maximum absolute atomic E-state index is 11.7. The Morgan fingerprint density at radius 3 is 2.44 bits per heavy atom. The van der Waals surface area contributed by atoms with Crippen molar-refractivity contribution in [3.8, 4) is 11.1 Å². The molecule has 2 aromatic carbocycles. The molecule has 0 fully saturated rings. The molecular formula is C16H17NO. The molecule has 0 aromatic heterocycles. The Morgan fingerprint density at radius 1 is 1.11 bits per heavy atom. The van der Waals surface area contributed by atoms with Gasteiger partial charge in [-0.3, -0.25) is 4.79 Å². The average Bonchev–Trinajstić information content (AvgIpc) is 2.46. The topological polar surface area (TPSA) is 43.1 Å². The largest absolute Gasteiger partial charge is 0.324 e. The van der Waals surface area contributed by atoms with Crippen molar-refractivity contribution in [2.24, 2.45) is 5.73 Å². The molecule has 0 saturated carbocycles. The molecule has 2 aromatic rings. The van der Waals surface area contributed by atoms with Crippen LogP contribution in [0, 0.1) is 0 Å². The van der Waals surface area contributed by atoms with Crippen molar-refractivity contribution in [2.75, 3.05) is 6.54 Å². The molecule has 92 valence electrons. The normalized spacial score (nSPS) is 10.3. The predicted octanol–water partition coefficient (Wildman–Crippen LogP) is 3.06. The molecule has 2 heteroatoms. The minimum Gasteiger partial charge on any atom is -0.324 e. The van der Waals surface area contributed by atoms with Crippen molar-refractivity contribution >= 4 is 5.78 Å². The highest BCUT2D eigenvalue weighted by Gasteiger charge is 2.08. The zero-order valence-corrected chi connectivity index (χ0v) is 10.5. The summed E-state index contributed by atoms with van der Waals surface area (Å²) in [5.74, 6) is -0.0187. The molecule has 0 unspecified atom stereocenters. The summed E-state index contributed by atoms with van der Waals surface area (Å²) < 4.78 is 0. The van der Waals surface area contributed by atoms with Crippen molar-refractivity contribution in [1.29, 1.82) is 0 Å². The molecule has 0 radical (unpaired) electrons. The minimum absolute atomic E-state index is 0.0187. The summed E-state index contributed by atoms with van der Waals surface area (Å²) in [6.45, 7) is 2.17. The number of rotatable bonds is 4. The van der Waals surface area contributed by atoms with Gasteiger partial charge in [0.15, 0.2) is 5.78 Å². The average molecular weight is 239 g/mol. The van der Waals surface area contributed by atoms with E-state index in [2.05, 4.69) is 19.1 Å². The second kappa shape index (κ2) is 5.61. The Labute approximate surface area is 107 Å². The maximum Gasteiger partial charge on any atom is 0.176 e. The van der Waals surface area contributed by atoms with Gasteiger partial charge in [-0.2, -0.15) is 0 Å². The van der Waals surface area contributed by atoms with E-state index in [1.807, 2.05) is 36.4 Å². The van der Waals surface area contributed by atoms with Crippen molar-refractivity contribution in [3.05, 3.63) is 59.7 Å². The number of aryl methyl sites for hydroxylation is 1. The number of ketones is 1. The first-order valence-electron chi connectivity index (χ1n) is 6.18. The summed E-state index contributed by atoms with van der Waals surface area (Å²) in [6.07, 6.45) is 0.946. The molecule has 0 saturated heterocycles. The lowest BCUT2D eigenvalue weighted by atomic mass is 9.95. The van der Waals surface area contributed by atoms with Gasteiger partial charge < -0.3 is 5.73 Å². The van der Waals surface area contributed by atoms with Crippen molar-refractivity contribution in [1.82, 2.24) is 0 Å². The van der Waals surface area contributed by atoms with Gasteiger partial charge in [0, 0.05) is 5.56 Å². The van der Waals surface area contributed by atoms with E-state index in [9.17, 15) is 4.79 Å². The van der Waals surface area contributed by atoms with Crippen molar-refractivity contribution in [2.45, 2.75) is 13.3 Å². The summed E-state index contributed by atoms with van der Waals surface area (Å²) >= 11 is 0. The highest BCUT2D eigenvalue weighted by Crippen LogP contribution is 2.25. The van der Waals surface area contributed by atoms with Gasteiger partial charge in [-0.1, -0.05) is 49.4 Å². The van der Waals surface area contributed by atoms with Crippen LogP contribution in [0.25, 0.3) is 11.1 Å². The lowest BCUT2D eigenvalue weighted by molar-refractivity contribution is 0.100. The second-order valence-electron chi connectivity index (χ2n) is 4.22. The molecule has 0 bridgehead atoms. The summed E-state index contributed by atoms with van der Waals surface area (Å²) in [5.41, 5.74) is 9.61. The van der Waals surface area contributed by atoms with Crippen molar-refractivity contribution in [3.63, 3.8) is 0 Å². The van der Waals surface area contributed by atoms with Crippen LogP contribution in [0.1, 0.15) is 22.8 Å². The van der Waals surface area contributed by atoms with Gasteiger partial charge in [-0.25, -0.2) is 0 Å². The van der Waals surface area contributed by atoms with Crippen LogP contribution in [0.5, 0.6) is 0 Å². The van der Waals surface area contributed by atoms with E-state index in [0.717, 1.165) is 17.5 Å². The second-order valence-corrected chi connectivity index (χ2v) is 4.22. The molecule has 0 aliphatic carbocycles. The summed E-state index contributed by atoms with van der Waals surface area (Å²) in [6, 6.07) is 16.0. The molecule has 0 heterocycles. The molecule has 2 rings (SSSR count). The standard InChI is InChI=1S/C16H17NO/c1-2-12-8-9-14(16(18)11-17)10-15(12)13-6-4-3-5-7-13/h3-10H,2,11,17H2,1H3. The number of carbonyl (C=O) groups excluding carboxylic acids is 1. The Morgan fingerprint density at radius 2 is 1.83 bits per heavy atom. The molecule has 2 nitrogen and oxygen atoms in total. The fraction of sp³-hybridized carbons (Fsp3) is 0.188. The van der Waals surface area contributed by atoms with Crippen LogP contribution in [-0.2, 0) is 6.42 Å². The van der Waals surface area contributed by atoms with Gasteiger partial charge in [-0.05, 0) is 29.2 Å². The lowest BCUT2D eigenvalue weighted by Gasteiger charge is -2.10. The molecule has 0 spiro atoms. The van der Waals surface area contributed by atoms with Crippen LogP contribution in [-0.4, -0.2) is 12.3 Å². The van der Waals surface area contributed by atoms with Gasteiger partial charge in [0.25, 0.3) is 0 Å². The smallest absolute Gasteiger partial charge is 0.176 e. The first kappa shape index (κ1) is 12.5. The number of carbonyl (C=O) groups is 1. The zero-order valence-electron chi connectivity index (χ0n) is 10.5. The molecule has 0 atom stereocenters. The van der Waals surface area contributed by atoms with E-state index < -0.39 is 0 Å². The number of hydrogen-bond acceptors (Lipinski definition) is 2. The van der Waals surface area contributed by atoms with Gasteiger partial charge in [0.1, 0.15) is 0 Å². The number of nitrogens with two attached hydrogens (primary N) is 1. The number of Topliss-reactive ketones (excluding diaryl/α,β-unsaturated/α-hetero) is 1.